The van der Waals surface area contributed by atoms with Crippen LogP contribution in [0.3, 0.4) is 0 Å². The summed E-state index contributed by atoms with van der Waals surface area (Å²) in [6.07, 6.45) is 0. The molecular formula is C11H12N2O2S2. The van der Waals surface area contributed by atoms with E-state index in [4.69, 9.17) is 0 Å². The van der Waals surface area contributed by atoms with E-state index in [-0.39, 0.29) is 11.3 Å². The van der Waals surface area contributed by atoms with Crippen LogP contribution in [-0.2, 0) is 11.8 Å². The molecule has 0 N–H and O–H groups in total. The number of thiophene rings is 1. The number of hydrogen-bond donors (Lipinski definition) is 0. The summed E-state index contributed by atoms with van der Waals surface area (Å²) >= 11 is 2.80. The molecule has 4 nitrogen and oxygen atoms in total. The summed E-state index contributed by atoms with van der Waals surface area (Å²) < 4.78 is 1.50. The summed E-state index contributed by atoms with van der Waals surface area (Å²) in [6, 6.07) is 1.86. The lowest BCUT2D eigenvalue weighted by Crippen LogP contribution is -2.19. The first-order chi connectivity index (χ1) is 7.99. The topological polar surface area (TPSA) is 52.0 Å². The zero-order valence-electron chi connectivity index (χ0n) is 9.81. The van der Waals surface area contributed by atoms with Gasteiger partial charge >= 0.3 is 0 Å². The molecular weight excluding hydrogens is 256 g/mol. The average molecular weight is 268 g/mol. The van der Waals surface area contributed by atoms with Crippen molar-refractivity contribution < 1.29 is 4.79 Å². The molecule has 0 aromatic carbocycles. The Hall–Kier alpha value is -1.14. The van der Waals surface area contributed by atoms with E-state index in [9.17, 15) is 9.59 Å². The normalized spacial score (nSPS) is 11.0. The molecule has 0 radical (unpaired) electrons. The highest BCUT2D eigenvalue weighted by atomic mass is 32.2. The molecule has 0 atom stereocenters. The molecule has 6 heteroatoms. The Kier molecular flexibility index (Phi) is 3.35. The Balaban J connectivity index is 2.53. The van der Waals surface area contributed by atoms with Crippen LogP contribution in [0.4, 0.5) is 0 Å². The molecule has 0 amide bonds. The van der Waals surface area contributed by atoms with Gasteiger partial charge < -0.3 is 0 Å². The Morgan fingerprint density at radius 2 is 2.29 bits per heavy atom. The molecule has 17 heavy (non-hydrogen) atoms. The molecule has 0 bridgehead atoms. The highest BCUT2D eigenvalue weighted by molar-refractivity contribution is 7.99. The van der Waals surface area contributed by atoms with Gasteiger partial charge in [-0.15, -0.1) is 11.3 Å². The number of ketones is 1. The predicted molar refractivity (Wildman–Crippen MR) is 71.0 cm³/mol. The van der Waals surface area contributed by atoms with Crippen LogP contribution in [0.15, 0.2) is 16.0 Å². The van der Waals surface area contributed by atoms with Crippen molar-refractivity contribution in [3.8, 4) is 0 Å². The molecule has 90 valence electrons. The number of carbonyl (C=O) groups is 1. The lowest BCUT2D eigenvalue weighted by Gasteiger charge is -2.05. The highest BCUT2D eigenvalue weighted by Crippen LogP contribution is 2.23. The van der Waals surface area contributed by atoms with Gasteiger partial charge in [0.05, 0.1) is 11.1 Å². The van der Waals surface area contributed by atoms with E-state index < -0.39 is 0 Å². The SMILES string of the molecule is CC(=O)CSc1nc2sc(C)cc2c(=O)n1C. The van der Waals surface area contributed by atoms with Crippen molar-refractivity contribution >= 4 is 39.1 Å². The minimum absolute atomic E-state index is 0.0506. The summed E-state index contributed by atoms with van der Waals surface area (Å²) in [4.78, 5) is 29.2. The lowest BCUT2D eigenvalue weighted by molar-refractivity contribution is -0.114. The van der Waals surface area contributed by atoms with Gasteiger partial charge in [-0.1, -0.05) is 11.8 Å². The zero-order chi connectivity index (χ0) is 12.6. The molecule has 0 saturated carbocycles. The van der Waals surface area contributed by atoms with E-state index in [0.29, 0.717) is 16.3 Å². The summed E-state index contributed by atoms with van der Waals surface area (Å²) in [7, 11) is 1.68. The maximum Gasteiger partial charge on any atom is 0.262 e. The number of carbonyl (C=O) groups excluding carboxylic acids is 1. The summed E-state index contributed by atoms with van der Waals surface area (Å²) in [5, 5.41) is 1.25. The fourth-order valence-corrected chi connectivity index (χ4v) is 3.16. The molecule has 0 aliphatic heterocycles. The highest BCUT2D eigenvalue weighted by Gasteiger charge is 2.11. The molecule has 0 saturated heterocycles. The second-order valence-electron chi connectivity index (χ2n) is 3.83. The third-order valence-corrected chi connectivity index (χ3v) is 4.38. The molecule has 0 aliphatic carbocycles. The molecule has 2 aromatic heterocycles. The predicted octanol–water partition coefficient (Wildman–Crippen LogP) is 1.98. The number of thioether (sulfide) groups is 1. The molecule has 2 rings (SSSR count). The van der Waals surface area contributed by atoms with Gasteiger partial charge in [0, 0.05) is 11.9 Å². The van der Waals surface area contributed by atoms with E-state index in [1.165, 1.54) is 34.6 Å². The number of hydrogen-bond acceptors (Lipinski definition) is 5. The van der Waals surface area contributed by atoms with Gasteiger partial charge in [-0.25, -0.2) is 4.98 Å². The number of nitrogens with zero attached hydrogens (tertiary/aromatic N) is 2. The standard InChI is InChI=1S/C11H12N2O2S2/c1-6(14)5-16-11-12-9-8(4-7(2)17-9)10(15)13(11)3/h4H,5H2,1-3H3. The van der Waals surface area contributed by atoms with Crippen molar-refractivity contribution in [1.82, 2.24) is 9.55 Å². The lowest BCUT2D eigenvalue weighted by atomic mass is 10.4. The van der Waals surface area contributed by atoms with Gasteiger partial charge in [-0.3, -0.25) is 14.2 Å². The summed E-state index contributed by atoms with van der Waals surface area (Å²) in [6.45, 7) is 3.48. The van der Waals surface area contributed by atoms with Crippen molar-refractivity contribution in [2.75, 3.05) is 5.75 Å². The summed E-state index contributed by atoms with van der Waals surface area (Å²) in [5.74, 6) is 0.419. The number of aryl methyl sites for hydroxylation is 1. The van der Waals surface area contributed by atoms with E-state index in [1.54, 1.807) is 7.05 Å². The quantitative estimate of drug-likeness (QED) is 0.631. The maximum absolute atomic E-state index is 12.0. The first kappa shape index (κ1) is 12.3. The zero-order valence-corrected chi connectivity index (χ0v) is 11.4. The fourth-order valence-electron chi connectivity index (χ4n) is 1.46. The Morgan fingerprint density at radius 3 is 2.94 bits per heavy atom. The second kappa shape index (κ2) is 4.62. The third kappa shape index (κ3) is 2.42. The van der Waals surface area contributed by atoms with Crippen molar-refractivity contribution in [2.45, 2.75) is 19.0 Å². The maximum atomic E-state index is 12.0. The largest absolute Gasteiger partial charge is 0.299 e. The van der Waals surface area contributed by atoms with Gasteiger partial charge in [0.1, 0.15) is 10.6 Å². The molecule has 0 fully saturated rings. The molecule has 2 aromatic rings. The summed E-state index contributed by atoms with van der Waals surface area (Å²) in [5.41, 5.74) is -0.0506. The van der Waals surface area contributed by atoms with E-state index in [0.717, 1.165) is 9.71 Å². The van der Waals surface area contributed by atoms with Crippen LogP contribution in [-0.4, -0.2) is 21.1 Å². The monoisotopic (exact) mass is 268 g/mol. The number of rotatable bonds is 3. The molecule has 0 spiro atoms. The molecule has 2 heterocycles. The van der Waals surface area contributed by atoms with Gasteiger partial charge in [0.25, 0.3) is 5.56 Å². The van der Waals surface area contributed by atoms with Crippen LogP contribution in [0, 0.1) is 6.92 Å². The smallest absolute Gasteiger partial charge is 0.262 e. The van der Waals surface area contributed by atoms with Crippen LogP contribution in [0.25, 0.3) is 10.2 Å². The van der Waals surface area contributed by atoms with Crippen LogP contribution in [0.1, 0.15) is 11.8 Å². The van der Waals surface area contributed by atoms with Gasteiger partial charge in [0.15, 0.2) is 5.16 Å². The number of aromatic nitrogens is 2. The molecule has 0 unspecified atom stereocenters. The van der Waals surface area contributed by atoms with Gasteiger partial charge in [0.2, 0.25) is 0 Å². The van der Waals surface area contributed by atoms with Crippen molar-refractivity contribution in [1.29, 1.82) is 0 Å². The Bertz CT molecular complexity index is 643. The average Bonchev–Trinajstić information content (AvgIpc) is 2.62. The number of fused-ring (bicyclic) bond motifs is 1. The van der Waals surface area contributed by atoms with Crippen molar-refractivity contribution in [2.24, 2.45) is 7.05 Å². The van der Waals surface area contributed by atoms with Crippen molar-refractivity contribution in [3.05, 3.63) is 21.3 Å². The fraction of sp³-hybridized carbons (Fsp3) is 0.364. The Morgan fingerprint density at radius 1 is 1.59 bits per heavy atom. The van der Waals surface area contributed by atoms with E-state index in [1.807, 2.05) is 13.0 Å². The molecule has 0 aliphatic rings. The van der Waals surface area contributed by atoms with Crippen LogP contribution in [0.5, 0.6) is 0 Å². The van der Waals surface area contributed by atoms with Crippen LogP contribution in [0.2, 0.25) is 0 Å². The minimum atomic E-state index is -0.0506. The first-order valence-electron chi connectivity index (χ1n) is 5.08. The van der Waals surface area contributed by atoms with Gasteiger partial charge in [-0.2, -0.15) is 0 Å². The van der Waals surface area contributed by atoms with Crippen LogP contribution >= 0.6 is 23.1 Å². The van der Waals surface area contributed by atoms with Gasteiger partial charge in [-0.05, 0) is 19.9 Å². The van der Waals surface area contributed by atoms with Crippen LogP contribution < -0.4 is 5.56 Å². The second-order valence-corrected chi connectivity index (χ2v) is 6.00. The first-order valence-corrected chi connectivity index (χ1v) is 6.88. The number of Topliss-reactive ketones (excluding diaryl/α,β-unsaturated/α-hetero) is 1. The third-order valence-electron chi connectivity index (χ3n) is 2.26. The minimum Gasteiger partial charge on any atom is -0.299 e. The van der Waals surface area contributed by atoms with E-state index >= 15 is 0 Å². The van der Waals surface area contributed by atoms with Crippen molar-refractivity contribution in [3.63, 3.8) is 0 Å². The Labute approximate surface area is 107 Å². The van der Waals surface area contributed by atoms with E-state index in [2.05, 4.69) is 4.98 Å².